The van der Waals surface area contributed by atoms with Crippen molar-refractivity contribution in [2.45, 2.75) is 6.54 Å². The van der Waals surface area contributed by atoms with Gasteiger partial charge in [0.1, 0.15) is 11.8 Å². The number of amides is 1. The first-order valence-electron chi connectivity index (χ1n) is 5.91. The molecule has 1 aromatic rings. The first kappa shape index (κ1) is 13.3. The van der Waals surface area contributed by atoms with Crippen LogP contribution in [0.4, 0.5) is 0 Å². The molecular formula is C12H16ClN3O2. The molecule has 6 heteroatoms. The van der Waals surface area contributed by atoms with E-state index in [0.717, 1.165) is 25.2 Å². The van der Waals surface area contributed by atoms with E-state index in [9.17, 15) is 4.79 Å². The van der Waals surface area contributed by atoms with Gasteiger partial charge in [0, 0.05) is 44.5 Å². The molecule has 0 aromatic carbocycles. The number of aliphatic hydroxyl groups excluding tert-OH is 1. The number of aliphatic hydroxyl groups is 1. The highest BCUT2D eigenvalue weighted by molar-refractivity contribution is 6.30. The van der Waals surface area contributed by atoms with E-state index >= 15 is 0 Å². The number of piperazine rings is 1. The molecule has 0 saturated carbocycles. The molecule has 1 amide bonds. The van der Waals surface area contributed by atoms with Crippen molar-refractivity contribution in [3.05, 3.63) is 29.0 Å². The van der Waals surface area contributed by atoms with Gasteiger partial charge in [-0.1, -0.05) is 17.7 Å². The molecule has 1 fully saturated rings. The minimum absolute atomic E-state index is 0.200. The normalized spacial score (nSPS) is 16.9. The number of pyridine rings is 1. The fourth-order valence-electron chi connectivity index (χ4n) is 2.03. The van der Waals surface area contributed by atoms with Crippen molar-refractivity contribution in [3.63, 3.8) is 0 Å². The Morgan fingerprint density at radius 1 is 1.39 bits per heavy atom. The number of carbonyl (C=O) groups is 1. The van der Waals surface area contributed by atoms with Gasteiger partial charge in [-0.2, -0.15) is 0 Å². The lowest BCUT2D eigenvalue weighted by atomic mass is 10.2. The molecule has 0 atom stereocenters. The van der Waals surface area contributed by atoms with Crippen molar-refractivity contribution in [2.24, 2.45) is 0 Å². The van der Waals surface area contributed by atoms with Crippen LogP contribution in [0, 0.1) is 0 Å². The highest BCUT2D eigenvalue weighted by atomic mass is 35.5. The van der Waals surface area contributed by atoms with E-state index in [1.807, 2.05) is 12.1 Å². The van der Waals surface area contributed by atoms with Gasteiger partial charge in [-0.05, 0) is 6.07 Å². The molecule has 98 valence electrons. The zero-order valence-corrected chi connectivity index (χ0v) is 10.8. The third-order valence-electron chi connectivity index (χ3n) is 3.09. The molecule has 0 unspecified atom stereocenters. The van der Waals surface area contributed by atoms with E-state index in [0.29, 0.717) is 18.2 Å². The van der Waals surface area contributed by atoms with Gasteiger partial charge >= 0.3 is 0 Å². The second-order valence-electron chi connectivity index (χ2n) is 4.27. The van der Waals surface area contributed by atoms with E-state index in [2.05, 4.69) is 9.88 Å². The van der Waals surface area contributed by atoms with Crippen molar-refractivity contribution in [1.82, 2.24) is 14.8 Å². The maximum Gasteiger partial charge on any atom is 0.248 e. The van der Waals surface area contributed by atoms with E-state index in [4.69, 9.17) is 16.7 Å². The molecule has 2 rings (SSSR count). The van der Waals surface area contributed by atoms with Crippen LogP contribution >= 0.6 is 11.6 Å². The quantitative estimate of drug-likeness (QED) is 0.806. The predicted octanol–water partition coefficient (Wildman–Crippen LogP) is 0.371. The molecule has 0 bridgehead atoms. The average molecular weight is 270 g/mol. The largest absolute Gasteiger partial charge is 0.387 e. The molecule has 0 aliphatic carbocycles. The van der Waals surface area contributed by atoms with E-state index in [1.54, 1.807) is 11.1 Å². The number of aromatic nitrogens is 1. The molecule has 1 aromatic heterocycles. The summed E-state index contributed by atoms with van der Waals surface area (Å²) in [6.07, 6.45) is 1.67. The molecule has 1 aliphatic heterocycles. The summed E-state index contributed by atoms with van der Waals surface area (Å²) in [5.41, 5.74) is 1.00. The Labute approximate surface area is 111 Å². The van der Waals surface area contributed by atoms with Gasteiger partial charge in [0.15, 0.2) is 0 Å². The molecule has 2 heterocycles. The fraction of sp³-hybridized carbons (Fsp3) is 0.500. The van der Waals surface area contributed by atoms with Crippen molar-refractivity contribution >= 4 is 17.5 Å². The van der Waals surface area contributed by atoms with Crippen LogP contribution in [0.1, 0.15) is 5.56 Å². The Hall–Kier alpha value is -1.17. The van der Waals surface area contributed by atoms with E-state index < -0.39 is 6.61 Å². The monoisotopic (exact) mass is 269 g/mol. The van der Waals surface area contributed by atoms with Gasteiger partial charge in [-0.15, -0.1) is 0 Å². The van der Waals surface area contributed by atoms with Crippen LogP contribution in [0.3, 0.4) is 0 Å². The Bertz CT molecular complexity index is 420. The van der Waals surface area contributed by atoms with Crippen LogP contribution < -0.4 is 0 Å². The van der Waals surface area contributed by atoms with Gasteiger partial charge in [0.25, 0.3) is 0 Å². The summed E-state index contributed by atoms with van der Waals surface area (Å²) in [7, 11) is 0. The summed E-state index contributed by atoms with van der Waals surface area (Å²) < 4.78 is 0. The van der Waals surface area contributed by atoms with Gasteiger partial charge in [-0.25, -0.2) is 4.98 Å². The van der Waals surface area contributed by atoms with Gasteiger partial charge in [-0.3, -0.25) is 9.69 Å². The van der Waals surface area contributed by atoms with Crippen LogP contribution in [-0.2, 0) is 11.3 Å². The number of hydrogen-bond acceptors (Lipinski definition) is 4. The van der Waals surface area contributed by atoms with E-state index in [-0.39, 0.29) is 5.91 Å². The molecule has 1 aliphatic rings. The molecule has 0 radical (unpaired) electrons. The minimum atomic E-state index is -0.408. The Morgan fingerprint density at radius 3 is 2.72 bits per heavy atom. The standard InChI is InChI=1S/C12H16ClN3O2/c13-12-10(2-1-3-14-12)8-15-4-6-16(7-5-15)11(18)9-17/h1-3,17H,4-9H2. The molecule has 1 N–H and O–H groups in total. The van der Waals surface area contributed by atoms with Gasteiger partial charge < -0.3 is 10.0 Å². The third-order valence-corrected chi connectivity index (χ3v) is 3.43. The highest BCUT2D eigenvalue weighted by Crippen LogP contribution is 2.15. The SMILES string of the molecule is O=C(CO)N1CCN(Cc2cccnc2Cl)CC1. The summed E-state index contributed by atoms with van der Waals surface area (Å²) in [4.78, 5) is 19.3. The Morgan fingerprint density at radius 2 is 2.11 bits per heavy atom. The smallest absolute Gasteiger partial charge is 0.248 e. The lowest BCUT2D eigenvalue weighted by Crippen LogP contribution is -2.49. The summed E-state index contributed by atoms with van der Waals surface area (Å²) >= 11 is 6.01. The summed E-state index contributed by atoms with van der Waals surface area (Å²) in [6, 6.07) is 3.83. The number of hydrogen-bond donors (Lipinski definition) is 1. The number of rotatable bonds is 3. The summed E-state index contributed by atoms with van der Waals surface area (Å²) in [5.74, 6) is -0.200. The molecular weight excluding hydrogens is 254 g/mol. The molecule has 5 nitrogen and oxygen atoms in total. The predicted molar refractivity (Wildman–Crippen MR) is 68.2 cm³/mol. The van der Waals surface area contributed by atoms with Crippen LogP contribution in [0.25, 0.3) is 0 Å². The third kappa shape index (κ3) is 3.19. The second kappa shape index (κ2) is 6.13. The highest BCUT2D eigenvalue weighted by Gasteiger charge is 2.20. The van der Waals surface area contributed by atoms with Crippen molar-refractivity contribution in [2.75, 3.05) is 32.8 Å². The Balaban J connectivity index is 1.87. The number of halogens is 1. The van der Waals surface area contributed by atoms with Gasteiger partial charge in [0.05, 0.1) is 0 Å². The van der Waals surface area contributed by atoms with E-state index in [1.165, 1.54) is 0 Å². The lowest BCUT2D eigenvalue weighted by Gasteiger charge is -2.34. The zero-order chi connectivity index (χ0) is 13.0. The Kier molecular flexibility index (Phi) is 4.52. The van der Waals surface area contributed by atoms with Crippen LogP contribution in [-0.4, -0.2) is 58.6 Å². The molecule has 0 spiro atoms. The van der Waals surface area contributed by atoms with Crippen molar-refractivity contribution < 1.29 is 9.90 Å². The average Bonchev–Trinajstić information content (AvgIpc) is 2.41. The van der Waals surface area contributed by atoms with Crippen LogP contribution in [0.5, 0.6) is 0 Å². The first-order valence-corrected chi connectivity index (χ1v) is 6.29. The minimum Gasteiger partial charge on any atom is -0.387 e. The van der Waals surface area contributed by atoms with Crippen LogP contribution in [0.15, 0.2) is 18.3 Å². The number of carbonyl (C=O) groups excluding carboxylic acids is 1. The summed E-state index contributed by atoms with van der Waals surface area (Å²) in [5, 5.41) is 9.33. The maximum absolute atomic E-state index is 11.3. The molecule has 18 heavy (non-hydrogen) atoms. The van der Waals surface area contributed by atoms with Crippen molar-refractivity contribution in [3.8, 4) is 0 Å². The van der Waals surface area contributed by atoms with Crippen LogP contribution in [0.2, 0.25) is 5.15 Å². The number of nitrogens with zero attached hydrogens (tertiary/aromatic N) is 3. The van der Waals surface area contributed by atoms with Gasteiger partial charge in [0.2, 0.25) is 5.91 Å². The summed E-state index contributed by atoms with van der Waals surface area (Å²) in [6.45, 7) is 3.21. The van der Waals surface area contributed by atoms with Crippen molar-refractivity contribution in [1.29, 1.82) is 0 Å². The zero-order valence-electron chi connectivity index (χ0n) is 10.0. The maximum atomic E-state index is 11.3. The first-order chi connectivity index (χ1) is 8.70. The lowest BCUT2D eigenvalue weighted by molar-refractivity contribution is -0.135. The second-order valence-corrected chi connectivity index (χ2v) is 4.63. The molecule has 1 saturated heterocycles. The fourth-order valence-corrected chi connectivity index (χ4v) is 2.21. The topological polar surface area (TPSA) is 56.7 Å².